The maximum absolute atomic E-state index is 13.9. The SMILES string of the molecule is Nc1cc(Cl)cc(S(=O)(=O)NCC2CCCCC2O)c1F. The molecule has 21 heavy (non-hydrogen) atoms. The molecule has 2 unspecified atom stereocenters. The molecular formula is C13H18ClFN2O3S. The van der Waals surface area contributed by atoms with Crippen LogP contribution in [0.3, 0.4) is 0 Å². The van der Waals surface area contributed by atoms with Crippen LogP contribution in [0.1, 0.15) is 25.7 Å². The van der Waals surface area contributed by atoms with Crippen molar-refractivity contribution < 1.29 is 17.9 Å². The number of nitrogens with one attached hydrogen (secondary N) is 1. The van der Waals surface area contributed by atoms with E-state index in [-0.39, 0.29) is 23.2 Å². The molecule has 0 heterocycles. The van der Waals surface area contributed by atoms with Crippen molar-refractivity contribution in [1.29, 1.82) is 0 Å². The van der Waals surface area contributed by atoms with Gasteiger partial charge in [-0.3, -0.25) is 0 Å². The highest BCUT2D eigenvalue weighted by atomic mass is 35.5. The summed E-state index contributed by atoms with van der Waals surface area (Å²) in [6.07, 6.45) is 2.75. The zero-order chi connectivity index (χ0) is 15.6. The van der Waals surface area contributed by atoms with Gasteiger partial charge in [0.25, 0.3) is 0 Å². The molecule has 1 saturated carbocycles. The van der Waals surface area contributed by atoms with Crippen LogP contribution in [0.15, 0.2) is 17.0 Å². The van der Waals surface area contributed by atoms with Crippen molar-refractivity contribution >= 4 is 27.3 Å². The van der Waals surface area contributed by atoms with E-state index in [9.17, 15) is 17.9 Å². The summed E-state index contributed by atoms with van der Waals surface area (Å²) in [5.74, 6) is -1.18. The van der Waals surface area contributed by atoms with Crippen LogP contribution < -0.4 is 10.5 Å². The third-order valence-electron chi connectivity index (χ3n) is 3.73. The molecule has 0 radical (unpaired) electrons. The molecule has 0 bridgehead atoms. The standard InChI is InChI=1S/C13H18ClFN2O3S/c14-9-5-10(16)13(15)12(6-9)21(19,20)17-7-8-3-1-2-4-11(8)18/h5-6,8,11,17-18H,1-4,7,16H2. The Morgan fingerprint density at radius 3 is 2.71 bits per heavy atom. The third kappa shape index (κ3) is 3.85. The summed E-state index contributed by atoms with van der Waals surface area (Å²) >= 11 is 5.72. The van der Waals surface area contributed by atoms with E-state index in [1.165, 1.54) is 0 Å². The molecule has 8 heteroatoms. The largest absolute Gasteiger partial charge is 0.396 e. The minimum absolute atomic E-state index is 0.0481. The highest BCUT2D eigenvalue weighted by molar-refractivity contribution is 7.89. The molecule has 1 aliphatic rings. The van der Waals surface area contributed by atoms with Crippen LogP contribution in [0.25, 0.3) is 0 Å². The molecule has 0 aliphatic heterocycles. The van der Waals surface area contributed by atoms with Crippen molar-refractivity contribution in [2.75, 3.05) is 12.3 Å². The van der Waals surface area contributed by atoms with E-state index in [1.807, 2.05) is 0 Å². The lowest BCUT2D eigenvalue weighted by molar-refractivity contribution is 0.0724. The molecule has 2 rings (SSSR count). The van der Waals surface area contributed by atoms with Crippen LogP contribution >= 0.6 is 11.6 Å². The normalized spacial score (nSPS) is 23.2. The van der Waals surface area contributed by atoms with Crippen LogP contribution in [-0.2, 0) is 10.0 Å². The number of nitrogen functional groups attached to an aromatic ring is 1. The number of anilines is 1. The highest BCUT2D eigenvalue weighted by Gasteiger charge is 2.27. The minimum atomic E-state index is -4.06. The summed E-state index contributed by atoms with van der Waals surface area (Å²) in [6, 6.07) is 2.17. The van der Waals surface area contributed by atoms with Gasteiger partial charge in [0.2, 0.25) is 10.0 Å². The molecule has 118 valence electrons. The van der Waals surface area contributed by atoms with Crippen LogP contribution in [0.4, 0.5) is 10.1 Å². The quantitative estimate of drug-likeness (QED) is 0.732. The first-order valence-corrected chi connectivity index (χ1v) is 8.59. The van der Waals surface area contributed by atoms with E-state index in [0.29, 0.717) is 6.42 Å². The Morgan fingerprint density at radius 2 is 2.05 bits per heavy atom. The van der Waals surface area contributed by atoms with Gasteiger partial charge in [-0.05, 0) is 30.9 Å². The number of halogens is 2. The zero-order valence-electron chi connectivity index (χ0n) is 11.4. The molecule has 0 saturated heterocycles. The van der Waals surface area contributed by atoms with E-state index >= 15 is 0 Å². The number of aliphatic hydroxyl groups excluding tert-OH is 1. The smallest absolute Gasteiger partial charge is 0.243 e. The molecule has 1 aromatic rings. The van der Waals surface area contributed by atoms with E-state index in [2.05, 4.69) is 4.72 Å². The van der Waals surface area contributed by atoms with Crippen LogP contribution in [0.2, 0.25) is 5.02 Å². The summed E-state index contributed by atoms with van der Waals surface area (Å²) in [6.45, 7) is 0.0648. The van der Waals surface area contributed by atoms with Gasteiger partial charge in [-0.2, -0.15) is 0 Å². The average molecular weight is 337 g/mol. The van der Waals surface area contributed by atoms with Crippen LogP contribution in [0, 0.1) is 11.7 Å². The van der Waals surface area contributed by atoms with Gasteiger partial charge in [0, 0.05) is 11.6 Å². The number of rotatable bonds is 4. The topological polar surface area (TPSA) is 92.4 Å². The van der Waals surface area contributed by atoms with Crippen LogP contribution in [-0.4, -0.2) is 26.2 Å². The van der Waals surface area contributed by atoms with Crippen molar-refractivity contribution in [3.05, 3.63) is 23.0 Å². The fraction of sp³-hybridized carbons (Fsp3) is 0.538. The van der Waals surface area contributed by atoms with Crippen molar-refractivity contribution in [3.63, 3.8) is 0 Å². The zero-order valence-corrected chi connectivity index (χ0v) is 12.9. The van der Waals surface area contributed by atoms with E-state index in [0.717, 1.165) is 31.4 Å². The second kappa shape index (κ2) is 6.48. The third-order valence-corrected chi connectivity index (χ3v) is 5.37. The molecule has 0 aromatic heterocycles. The maximum Gasteiger partial charge on any atom is 0.243 e. The lowest BCUT2D eigenvalue weighted by Crippen LogP contribution is -2.37. The predicted octanol–water partition coefficient (Wildman–Crippen LogP) is 1.89. The number of nitrogens with two attached hydrogens (primary N) is 1. The molecule has 1 aliphatic carbocycles. The van der Waals surface area contributed by atoms with Gasteiger partial charge in [0.15, 0.2) is 5.82 Å². The molecule has 0 amide bonds. The van der Waals surface area contributed by atoms with Gasteiger partial charge >= 0.3 is 0 Å². The van der Waals surface area contributed by atoms with Gasteiger partial charge < -0.3 is 10.8 Å². The van der Waals surface area contributed by atoms with Gasteiger partial charge in [0.05, 0.1) is 11.8 Å². The van der Waals surface area contributed by atoms with E-state index < -0.39 is 26.8 Å². The second-order valence-electron chi connectivity index (χ2n) is 5.27. The number of hydrogen-bond donors (Lipinski definition) is 3. The van der Waals surface area contributed by atoms with Crippen molar-refractivity contribution in [1.82, 2.24) is 4.72 Å². The minimum Gasteiger partial charge on any atom is -0.396 e. The first kappa shape index (κ1) is 16.5. The Hall–Kier alpha value is -0.890. The molecule has 2 atom stereocenters. The number of benzene rings is 1. The summed E-state index contributed by atoms with van der Waals surface area (Å²) < 4.78 is 40.5. The molecule has 4 N–H and O–H groups in total. The maximum atomic E-state index is 13.9. The first-order valence-electron chi connectivity index (χ1n) is 6.73. The summed E-state index contributed by atoms with van der Waals surface area (Å²) in [4.78, 5) is -0.571. The summed E-state index contributed by atoms with van der Waals surface area (Å²) in [7, 11) is -4.06. The van der Waals surface area contributed by atoms with Crippen molar-refractivity contribution in [2.45, 2.75) is 36.7 Å². The Kier molecular flexibility index (Phi) is 5.08. The van der Waals surface area contributed by atoms with Gasteiger partial charge in [-0.15, -0.1) is 0 Å². The number of hydrogen-bond acceptors (Lipinski definition) is 4. The first-order chi connectivity index (χ1) is 9.81. The Morgan fingerprint density at radius 1 is 1.38 bits per heavy atom. The monoisotopic (exact) mass is 336 g/mol. The average Bonchev–Trinajstić information content (AvgIpc) is 2.42. The summed E-state index contributed by atoms with van der Waals surface area (Å²) in [5, 5.41) is 9.88. The van der Waals surface area contributed by atoms with Gasteiger partial charge in [-0.25, -0.2) is 17.5 Å². The Labute approximate surface area is 128 Å². The summed E-state index contributed by atoms with van der Waals surface area (Å²) in [5.41, 5.74) is 5.07. The predicted molar refractivity (Wildman–Crippen MR) is 79.0 cm³/mol. The highest BCUT2D eigenvalue weighted by Crippen LogP contribution is 2.27. The number of aliphatic hydroxyl groups is 1. The lowest BCUT2D eigenvalue weighted by Gasteiger charge is -2.27. The van der Waals surface area contributed by atoms with Crippen molar-refractivity contribution in [3.8, 4) is 0 Å². The molecule has 5 nitrogen and oxygen atoms in total. The van der Waals surface area contributed by atoms with E-state index in [1.54, 1.807) is 0 Å². The molecular weight excluding hydrogens is 319 g/mol. The van der Waals surface area contributed by atoms with Gasteiger partial charge in [-0.1, -0.05) is 24.4 Å². The number of sulfonamides is 1. The lowest BCUT2D eigenvalue weighted by atomic mass is 9.87. The Bertz CT molecular complexity index is 624. The van der Waals surface area contributed by atoms with Crippen LogP contribution in [0.5, 0.6) is 0 Å². The second-order valence-corrected chi connectivity index (χ2v) is 7.44. The molecule has 1 fully saturated rings. The van der Waals surface area contributed by atoms with E-state index in [4.69, 9.17) is 17.3 Å². The van der Waals surface area contributed by atoms with Crippen molar-refractivity contribution in [2.24, 2.45) is 5.92 Å². The fourth-order valence-corrected chi connectivity index (χ4v) is 4.02. The molecule has 0 spiro atoms. The van der Waals surface area contributed by atoms with Gasteiger partial charge in [0.1, 0.15) is 4.90 Å². The molecule has 1 aromatic carbocycles. The Balaban J connectivity index is 2.15. The fourth-order valence-electron chi connectivity index (χ4n) is 2.50.